The molecule has 5 N–H and O–H groups in total. The summed E-state index contributed by atoms with van der Waals surface area (Å²) in [4.78, 5) is 53.9. The van der Waals surface area contributed by atoms with E-state index in [-0.39, 0.29) is 38.0 Å². The Morgan fingerprint density at radius 1 is 0.514 bits per heavy atom. The molecule has 3 atom stereocenters. The molecule has 0 spiro atoms. The fraction of sp³-hybridized carbons (Fsp3) is 0.213. The van der Waals surface area contributed by atoms with Crippen molar-refractivity contribution in [2.24, 2.45) is 0 Å². The normalized spacial score (nSPS) is 12.8. The van der Waals surface area contributed by atoms with Crippen LogP contribution in [0.5, 0.6) is 0 Å². The maximum atomic E-state index is 14.6. The van der Waals surface area contributed by atoms with Crippen molar-refractivity contribution in [3.8, 4) is 0 Å². The van der Waals surface area contributed by atoms with Gasteiger partial charge in [-0.25, -0.2) is 0 Å². The van der Waals surface area contributed by atoms with Crippen LogP contribution in [0.15, 0.2) is 224 Å². The zero-order valence-corrected chi connectivity index (χ0v) is 41.7. The zero-order chi connectivity index (χ0) is 50.4. The Morgan fingerprint density at radius 2 is 0.917 bits per heavy atom. The molecule has 0 fully saturated rings. The molecule has 0 aliphatic heterocycles. The Labute approximate surface area is 431 Å². The van der Waals surface area contributed by atoms with E-state index in [2.05, 4.69) is 125 Å². The summed E-state index contributed by atoms with van der Waals surface area (Å²) in [5, 5.41) is 29.2. The highest BCUT2D eigenvalue weighted by molar-refractivity contribution is 8.00. The highest BCUT2D eigenvalue weighted by Gasteiger charge is 2.40. The van der Waals surface area contributed by atoms with E-state index in [1.165, 1.54) is 11.8 Å². The number of carbonyl (C=O) groups is 4. The van der Waals surface area contributed by atoms with Gasteiger partial charge in [-0.1, -0.05) is 224 Å². The lowest BCUT2D eigenvalue weighted by molar-refractivity contribution is -0.137. The Morgan fingerprint density at radius 3 is 1.33 bits per heavy atom. The van der Waals surface area contributed by atoms with Gasteiger partial charge >= 0.3 is 5.97 Å². The van der Waals surface area contributed by atoms with Gasteiger partial charge in [0, 0.05) is 25.1 Å². The van der Waals surface area contributed by atoms with Crippen molar-refractivity contribution >= 4 is 47.2 Å². The van der Waals surface area contributed by atoms with Gasteiger partial charge in [-0.15, -0.1) is 23.5 Å². The van der Waals surface area contributed by atoms with E-state index >= 15 is 0 Å². The van der Waals surface area contributed by atoms with Crippen molar-refractivity contribution < 1.29 is 29.4 Å². The summed E-state index contributed by atoms with van der Waals surface area (Å²) in [6, 6.07) is 68.4. The van der Waals surface area contributed by atoms with E-state index in [0.717, 1.165) is 38.9 Å². The zero-order valence-electron chi connectivity index (χ0n) is 40.1. The smallest absolute Gasteiger partial charge is 0.303 e. The molecular weight excluding hydrogens is 935 g/mol. The monoisotopic (exact) mass is 995 g/mol. The lowest BCUT2D eigenvalue weighted by Crippen LogP contribution is -2.55. The molecule has 0 aliphatic carbocycles. The first-order valence-electron chi connectivity index (χ1n) is 24.3. The van der Waals surface area contributed by atoms with Crippen LogP contribution in [0.3, 0.4) is 0 Å². The van der Waals surface area contributed by atoms with Crippen molar-refractivity contribution in [1.82, 2.24) is 16.0 Å². The molecule has 3 amide bonds. The minimum Gasteiger partial charge on any atom is -0.481 e. The first kappa shape index (κ1) is 52.6. The number of nitrogens with one attached hydrogen (secondary N) is 3. The molecule has 0 aliphatic rings. The number of hydrogen-bond donors (Lipinski definition) is 5. The van der Waals surface area contributed by atoms with Crippen molar-refractivity contribution in [3.63, 3.8) is 0 Å². The van der Waals surface area contributed by atoms with Gasteiger partial charge in [0.2, 0.25) is 17.7 Å². The number of aliphatic hydroxyl groups is 1. The number of carbonyl (C=O) groups excluding carboxylic acids is 3. The molecule has 0 bridgehead atoms. The average molecular weight is 996 g/mol. The molecule has 0 unspecified atom stereocenters. The van der Waals surface area contributed by atoms with Crippen LogP contribution in [-0.2, 0) is 35.1 Å². The molecule has 9 nitrogen and oxygen atoms in total. The molecule has 368 valence electrons. The van der Waals surface area contributed by atoms with E-state index in [1.807, 2.05) is 121 Å². The molecule has 0 saturated heterocycles. The molecule has 0 aromatic heterocycles. The van der Waals surface area contributed by atoms with Crippen molar-refractivity contribution in [2.45, 2.75) is 59.8 Å². The van der Waals surface area contributed by atoms with Crippen LogP contribution in [0.1, 0.15) is 64.6 Å². The third kappa shape index (κ3) is 14.0. The molecular formula is C61H61N3O6S2. The molecule has 7 aromatic carbocycles. The molecule has 0 radical (unpaired) electrons. The van der Waals surface area contributed by atoms with Gasteiger partial charge in [-0.2, -0.15) is 0 Å². The average Bonchev–Trinajstić information content (AvgIpc) is 3.42. The van der Waals surface area contributed by atoms with E-state index in [9.17, 15) is 29.4 Å². The maximum absolute atomic E-state index is 14.6. The summed E-state index contributed by atoms with van der Waals surface area (Å²) in [6.45, 7) is 0.0889. The van der Waals surface area contributed by atoms with Gasteiger partial charge in [0.15, 0.2) is 0 Å². The predicted octanol–water partition coefficient (Wildman–Crippen LogP) is 10.3. The Balaban J connectivity index is 1.08. The third-order valence-electron chi connectivity index (χ3n) is 12.3. The Hall–Kier alpha value is -7.18. The molecule has 0 heterocycles. The number of aliphatic carboxylic acids is 1. The lowest BCUT2D eigenvalue weighted by Gasteiger charge is -2.36. The van der Waals surface area contributed by atoms with Crippen LogP contribution in [0, 0.1) is 0 Å². The van der Waals surface area contributed by atoms with Crippen LogP contribution < -0.4 is 16.0 Å². The fourth-order valence-corrected chi connectivity index (χ4v) is 11.9. The number of benzene rings is 7. The molecule has 11 heteroatoms. The summed E-state index contributed by atoms with van der Waals surface area (Å²) in [7, 11) is 0. The number of thioether (sulfide) groups is 2. The second-order valence-electron chi connectivity index (χ2n) is 17.4. The summed E-state index contributed by atoms with van der Waals surface area (Å²) >= 11 is 3.31. The van der Waals surface area contributed by atoms with Gasteiger partial charge in [-0.3, -0.25) is 19.2 Å². The second kappa shape index (κ2) is 26.9. The van der Waals surface area contributed by atoms with Gasteiger partial charge in [0.25, 0.3) is 0 Å². The minimum atomic E-state index is -1.12. The topological polar surface area (TPSA) is 145 Å². The number of allylic oxidation sites excluding steroid dienone is 1. The van der Waals surface area contributed by atoms with Gasteiger partial charge < -0.3 is 26.2 Å². The largest absolute Gasteiger partial charge is 0.481 e. The summed E-state index contributed by atoms with van der Waals surface area (Å²) in [5.74, 6) is -1.76. The van der Waals surface area contributed by atoms with E-state index in [4.69, 9.17) is 0 Å². The standard InChI is InChI=1S/C61H61N3O6S2/c65-53(39-22-23-42-71-60(47-27-10-2-11-28-47,48-29-12-3-13-30-48)49-31-14-4-15-32-49)44-56(66)63-54(43-46-25-8-1-9-26-46)59(70)64-55(58(69)62-41-24-40-57(67)68)45-72-61(50-33-16-5-17-34-50,51-35-18-6-19-36-51)52-37-20-7-21-38-52/h1-22,25-39,53-55,65H,23-24,40-45H2,(H,62,69)(H,63,66)(H,64,70)(H,67,68)/t53-,54-,55-/m1/s1. The molecule has 0 saturated carbocycles. The number of carboxylic acids is 1. The van der Waals surface area contributed by atoms with E-state index < -0.39 is 51.4 Å². The summed E-state index contributed by atoms with van der Waals surface area (Å²) in [5.41, 5.74) is 7.17. The minimum absolute atomic E-state index is 0.0889. The number of rotatable bonds is 26. The van der Waals surface area contributed by atoms with E-state index in [1.54, 1.807) is 6.08 Å². The van der Waals surface area contributed by atoms with Crippen LogP contribution >= 0.6 is 23.5 Å². The van der Waals surface area contributed by atoms with Crippen LogP contribution in [0.4, 0.5) is 0 Å². The Kier molecular flexibility index (Phi) is 19.6. The highest BCUT2D eigenvalue weighted by Crippen LogP contribution is 2.50. The third-order valence-corrected chi connectivity index (χ3v) is 15.6. The SMILES string of the molecule is O=C(O)CCCNC(=O)[C@@H](CSC(c1ccccc1)(c1ccccc1)c1ccccc1)NC(=O)[C@@H](Cc1ccccc1)NC(=O)C[C@H](O)C=CCCSC(c1ccccc1)(c1ccccc1)c1ccccc1. The Bertz CT molecular complexity index is 2600. The number of aliphatic hydroxyl groups excluding tert-OH is 1. The molecule has 72 heavy (non-hydrogen) atoms. The number of carboxylic acid groups (broad SMARTS) is 1. The quantitative estimate of drug-likeness (QED) is 0.0205. The van der Waals surface area contributed by atoms with Crippen LogP contribution in [0.2, 0.25) is 0 Å². The molecule has 7 rings (SSSR count). The summed E-state index contributed by atoms with van der Waals surface area (Å²) in [6.07, 6.45) is 2.92. The highest BCUT2D eigenvalue weighted by atomic mass is 32.2. The first-order chi connectivity index (χ1) is 35.2. The van der Waals surface area contributed by atoms with Crippen molar-refractivity contribution in [1.29, 1.82) is 0 Å². The van der Waals surface area contributed by atoms with Gasteiger partial charge in [-0.05, 0) is 57.5 Å². The lowest BCUT2D eigenvalue weighted by atomic mass is 9.84. The van der Waals surface area contributed by atoms with Crippen LogP contribution in [-0.4, -0.2) is 70.1 Å². The maximum Gasteiger partial charge on any atom is 0.303 e. The van der Waals surface area contributed by atoms with Crippen LogP contribution in [0.25, 0.3) is 0 Å². The van der Waals surface area contributed by atoms with Crippen molar-refractivity contribution in [2.75, 3.05) is 18.1 Å². The predicted molar refractivity (Wildman–Crippen MR) is 292 cm³/mol. The van der Waals surface area contributed by atoms with Crippen molar-refractivity contribution in [3.05, 3.63) is 263 Å². The van der Waals surface area contributed by atoms with Gasteiger partial charge in [0.1, 0.15) is 12.1 Å². The number of hydrogen-bond acceptors (Lipinski definition) is 7. The van der Waals surface area contributed by atoms with Gasteiger partial charge in [0.05, 0.1) is 22.0 Å². The summed E-state index contributed by atoms with van der Waals surface area (Å²) < 4.78 is -1.30. The number of amides is 3. The van der Waals surface area contributed by atoms with E-state index in [0.29, 0.717) is 12.2 Å². The fourth-order valence-electron chi connectivity index (χ4n) is 8.88. The second-order valence-corrected chi connectivity index (χ2v) is 19.9. The molecule has 7 aromatic rings. The first-order valence-corrected chi connectivity index (χ1v) is 26.2.